The average Bonchev–Trinajstić information content (AvgIpc) is 3.09. The molecular weight excluding hydrogens is 439 g/mol. The predicted molar refractivity (Wildman–Crippen MR) is 127 cm³/mol. The van der Waals surface area contributed by atoms with Crippen molar-refractivity contribution in [2.45, 2.75) is 5.92 Å². The molecule has 5 nitrogen and oxygen atoms in total. The summed E-state index contributed by atoms with van der Waals surface area (Å²) in [6.07, 6.45) is 1.37. The van der Waals surface area contributed by atoms with Gasteiger partial charge < -0.3 is 5.32 Å². The second-order valence-electron chi connectivity index (χ2n) is 7.40. The molecule has 3 aromatic carbocycles. The van der Waals surface area contributed by atoms with Crippen LogP contribution in [0.15, 0.2) is 89.8 Å². The van der Waals surface area contributed by atoms with Crippen LogP contribution in [0.2, 0.25) is 0 Å². The lowest BCUT2D eigenvalue weighted by Gasteiger charge is -2.19. The Morgan fingerprint density at radius 1 is 0.909 bits per heavy atom. The Hall–Kier alpha value is -3.71. The summed E-state index contributed by atoms with van der Waals surface area (Å²) < 4.78 is 13.9. The molecule has 33 heavy (non-hydrogen) atoms. The molecule has 7 heteroatoms. The van der Waals surface area contributed by atoms with Crippen molar-refractivity contribution >= 4 is 34.9 Å². The van der Waals surface area contributed by atoms with Crippen LogP contribution in [0.25, 0.3) is 6.08 Å². The van der Waals surface area contributed by atoms with E-state index >= 15 is 0 Å². The van der Waals surface area contributed by atoms with E-state index in [1.54, 1.807) is 12.1 Å². The Balaban J connectivity index is 1.43. The number of thioether (sulfide) groups is 1. The van der Waals surface area contributed by atoms with E-state index in [0.717, 1.165) is 27.8 Å². The van der Waals surface area contributed by atoms with Gasteiger partial charge in [0, 0.05) is 18.7 Å². The summed E-state index contributed by atoms with van der Waals surface area (Å²) >= 11 is 0.763. The van der Waals surface area contributed by atoms with E-state index in [2.05, 4.69) is 5.32 Å². The van der Waals surface area contributed by atoms with Crippen LogP contribution in [0, 0.1) is 5.82 Å². The van der Waals surface area contributed by atoms with Crippen molar-refractivity contribution < 1.29 is 18.8 Å². The summed E-state index contributed by atoms with van der Waals surface area (Å²) in [5, 5.41) is 2.40. The molecule has 0 radical (unpaired) electrons. The van der Waals surface area contributed by atoms with Crippen molar-refractivity contribution in [1.29, 1.82) is 0 Å². The van der Waals surface area contributed by atoms with Crippen LogP contribution in [-0.2, 0) is 9.59 Å². The molecule has 0 unspecified atom stereocenters. The largest absolute Gasteiger partial charge is 0.353 e. The highest BCUT2D eigenvalue weighted by molar-refractivity contribution is 8.18. The number of benzene rings is 3. The van der Waals surface area contributed by atoms with Crippen LogP contribution in [0.1, 0.15) is 22.6 Å². The molecule has 1 aliphatic heterocycles. The number of carbonyl (C=O) groups excluding carboxylic acids is 3. The first-order chi connectivity index (χ1) is 16.0. The van der Waals surface area contributed by atoms with Crippen molar-refractivity contribution in [2.75, 3.05) is 13.1 Å². The number of hydrogen-bond acceptors (Lipinski definition) is 4. The van der Waals surface area contributed by atoms with Gasteiger partial charge in [-0.1, -0.05) is 78.9 Å². The number of hydrogen-bond donors (Lipinski definition) is 1. The molecule has 0 saturated carbocycles. The first kappa shape index (κ1) is 22.5. The number of carbonyl (C=O) groups is 3. The fraction of sp³-hybridized carbons (Fsp3) is 0.115. The number of amides is 3. The number of halogens is 1. The molecule has 1 aliphatic rings. The zero-order valence-electron chi connectivity index (χ0n) is 17.6. The van der Waals surface area contributed by atoms with Gasteiger partial charge in [0.15, 0.2) is 0 Å². The third-order valence-corrected chi connectivity index (χ3v) is 6.14. The number of imide groups is 1. The maximum absolute atomic E-state index is 13.9. The quantitative estimate of drug-likeness (QED) is 0.514. The van der Waals surface area contributed by atoms with E-state index in [1.807, 2.05) is 60.7 Å². The van der Waals surface area contributed by atoms with Crippen molar-refractivity contribution in [1.82, 2.24) is 10.2 Å². The van der Waals surface area contributed by atoms with Gasteiger partial charge in [0.25, 0.3) is 11.1 Å². The maximum atomic E-state index is 13.9. The van der Waals surface area contributed by atoms with Crippen molar-refractivity contribution in [3.8, 4) is 0 Å². The molecule has 1 N–H and O–H groups in total. The fourth-order valence-electron chi connectivity index (χ4n) is 3.61. The molecule has 166 valence electrons. The molecule has 1 saturated heterocycles. The smallest absolute Gasteiger partial charge is 0.293 e. The minimum atomic E-state index is -0.511. The molecule has 0 aromatic heterocycles. The molecule has 0 spiro atoms. The van der Waals surface area contributed by atoms with Gasteiger partial charge >= 0.3 is 0 Å². The zero-order chi connectivity index (χ0) is 23.2. The second-order valence-corrected chi connectivity index (χ2v) is 8.39. The van der Waals surface area contributed by atoms with E-state index in [1.165, 1.54) is 18.2 Å². The van der Waals surface area contributed by atoms with Gasteiger partial charge in [-0.05, 0) is 35.0 Å². The van der Waals surface area contributed by atoms with Crippen LogP contribution in [0.3, 0.4) is 0 Å². The predicted octanol–water partition coefficient (Wildman–Crippen LogP) is 4.81. The lowest BCUT2D eigenvalue weighted by molar-refractivity contribution is -0.124. The van der Waals surface area contributed by atoms with Gasteiger partial charge in [-0.3, -0.25) is 19.3 Å². The zero-order valence-corrected chi connectivity index (χ0v) is 18.4. The monoisotopic (exact) mass is 460 g/mol. The van der Waals surface area contributed by atoms with Gasteiger partial charge in [-0.25, -0.2) is 4.39 Å². The Morgan fingerprint density at radius 2 is 1.48 bits per heavy atom. The molecule has 1 fully saturated rings. The van der Waals surface area contributed by atoms with Gasteiger partial charge in [0.05, 0.1) is 10.8 Å². The van der Waals surface area contributed by atoms with Gasteiger partial charge in [0.1, 0.15) is 5.82 Å². The first-order valence-corrected chi connectivity index (χ1v) is 11.2. The summed E-state index contributed by atoms with van der Waals surface area (Å²) in [6, 6.07) is 24.9. The number of nitrogens with zero attached hydrogens (tertiary/aromatic N) is 1. The van der Waals surface area contributed by atoms with Crippen molar-refractivity contribution in [2.24, 2.45) is 0 Å². The summed E-state index contributed by atoms with van der Waals surface area (Å²) in [5.74, 6) is -1.70. The SMILES string of the molecule is O=C(NCCN1C(=O)S/C(=C\c2ccccc2F)C1=O)C(c1ccccc1)c1ccccc1. The van der Waals surface area contributed by atoms with Crippen LogP contribution >= 0.6 is 11.8 Å². The summed E-state index contributed by atoms with van der Waals surface area (Å²) in [6.45, 7) is 0.140. The summed E-state index contributed by atoms with van der Waals surface area (Å²) in [7, 11) is 0. The summed E-state index contributed by atoms with van der Waals surface area (Å²) in [4.78, 5) is 39.3. The summed E-state index contributed by atoms with van der Waals surface area (Å²) in [5.41, 5.74) is 1.94. The normalized spacial score (nSPS) is 14.8. The topological polar surface area (TPSA) is 66.5 Å². The van der Waals surface area contributed by atoms with Gasteiger partial charge in [-0.2, -0.15) is 0 Å². The standard InChI is InChI=1S/C26H21FN2O3S/c27-21-14-8-7-13-20(21)17-22-25(31)29(26(32)33-22)16-15-28-24(30)23(18-9-3-1-4-10-18)19-11-5-2-6-12-19/h1-14,17,23H,15-16H2,(H,28,30)/b22-17-. The Kier molecular flexibility index (Phi) is 7.00. The molecule has 1 heterocycles. The molecule has 0 aliphatic carbocycles. The van der Waals surface area contributed by atoms with E-state index < -0.39 is 22.9 Å². The molecule has 3 amide bonds. The van der Waals surface area contributed by atoms with Crippen LogP contribution in [0.4, 0.5) is 9.18 Å². The Labute approximate surface area is 195 Å². The minimum Gasteiger partial charge on any atom is -0.353 e. The highest BCUT2D eigenvalue weighted by atomic mass is 32.2. The Bertz CT molecular complexity index is 1160. The van der Waals surface area contributed by atoms with Crippen LogP contribution < -0.4 is 5.32 Å². The van der Waals surface area contributed by atoms with E-state index in [0.29, 0.717) is 0 Å². The minimum absolute atomic E-state index is 0.0291. The van der Waals surface area contributed by atoms with Crippen molar-refractivity contribution in [3.05, 3.63) is 112 Å². The van der Waals surface area contributed by atoms with Crippen LogP contribution in [0.5, 0.6) is 0 Å². The molecule has 0 bridgehead atoms. The lowest BCUT2D eigenvalue weighted by Crippen LogP contribution is -2.39. The molecular formula is C26H21FN2O3S. The second kappa shape index (κ2) is 10.3. The first-order valence-electron chi connectivity index (χ1n) is 10.4. The third-order valence-electron chi connectivity index (χ3n) is 5.23. The van der Waals surface area contributed by atoms with E-state index in [-0.39, 0.29) is 29.5 Å². The highest BCUT2D eigenvalue weighted by Gasteiger charge is 2.35. The number of rotatable bonds is 7. The fourth-order valence-corrected chi connectivity index (χ4v) is 4.46. The van der Waals surface area contributed by atoms with Gasteiger partial charge in [0.2, 0.25) is 5.91 Å². The van der Waals surface area contributed by atoms with Crippen LogP contribution in [-0.4, -0.2) is 35.0 Å². The Morgan fingerprint density at radius 3 is 2.09 bits per heavy atom. The molecule has 4 rings (SSSR count). The molecule has 3 aromatic rings. The maximum Gasteiger partial charge on any atom is 0.293 e. The highest BCUT2D eigenvalue weighted by Crippen LogP contribution is 2.32. The number of nitrogens with one attached hydrogen (secondary N) is 1. The third kappa shape index (κ3) is 5.21. The van der Waals surface area contributed by atoms with E-state index in [4.69, 9.17) is 0 Å². The molecule has 0 atom stereocenters. The van der Waals surface area contributed by atoms with Crippen molar-refractivity contribution in [3.63, 3.8) is 0 Å². The van der Waals surface area contributed by atoms with Gasteiger partial charge in [-0.15, -0.1) is 0 Å². The lowest BCUT2D eigenvalue weighted by atomic mass is 9.90. The average molecular weight is 461 g/mol. The van der Waals surface area contributed by atoms with E-state index in [9.17, 15) is 18.8 Å².